The van der Waals surface area contributed by atoms with Crippen molar-refractivity contribution in [3.05, 3.63) is 29.6 Å². The second kappa shape index (κ2) is 5.65. The van der Waals surface area contributed by atoms with E-state index in [9.17, 15) is 9.18 Å². The van der Waals surface area contributed by atoms with E-state index in [2.05, 4.69) is 5.32 Å². The number of carbonyl (C=O) groups excluding carboxylic acids is 1. The Morgan fingerprint density at radius 2 is 2.05 bits per heavy atom. The van der Waals surface area contributed by atoms with Gasteiger partial charge in [0.15, 0.2) is 0 Å². The molecule has 2 unspecified atom stereocenters. The summed E-state index contributed by atoms with van der Waals surface area (Å²) >= 11 is 0. The fraction of sp³-hybridized carbons (Fsp3) is 0.611. The number of halogens is 1. The van der Waals surface area contributed by atoms with Crippen LogP contribution in [0.3, 0.4) is 0 Å². The third kappa shape index (κ3) is 2.65. The summed E-state index contributed by atoms with van der Waals surface area (Å²) in [6.45, 7) is 0.773. The van der Waals surface area contributed by atoms with E-state index >= 15 is 0 Å². The number of nitrogens with one attached hydrogen (secondary N) is 1. The van der Waals surface area contributed by atoms with Gasteiger partial charge >= 0.3 is 0 Å². The summed E-state index contributed by atoms with van der Waals surface area (Å²) in [6, 6.07) is 6.07. The van der Waals surface area contributed by atoms with Crippen molar-refractivity contribution >= 4 is 11.6 Å². The Morgan fingerprint density at radius 1 is 1.27 bits per heavy atom. The molecular formula is C18H23FN2O. The number of hydrogen-bond donors (Lipinski definition) is 1. The topological polar surface area (TPSA) is 32.3 Å². The van der Waals surface area contributed by atoms with Gasteiger partial charge in [-0.25, -0.2) is 4.39 Å². The minimum Gasteiger partial charge on any atom is -0.312 e. The summed E-state index contributed by atoms with van der Waals surface area (Å²) in [7, 11) is 0. The van der Waals surface area contributed by atoms with E-state index in [1.54, 1.807) is 12.1 Å². The lowest BCUT2D eigenvalue weighted by molar-refractivity contribution is -0.119. The number of anilines is 1. The Labute approximate surface area is 130 Å². The number of piperidine rings is 1. The van der Waals surface area contributed by atoms with Crippen LogP contribution >= 0.6 is 0 Å². The average molecular weight is 302 g/mol. The number of fused-ring (bicyclic) bond motifs is 3. The van der Waals surface area contributed by atoms with E-state index in [4.69, 9.17) is 0 Å². The van der Waals surface area contributed by atoms with E-state index in [0.717, 1.165) is 43.5 Å². The van der Waals surface area contributed by atoms with Gasteiger partial charge in [0.25, 0.3) is 0 Å². The van der Waals surface area contributed by atoms with Crippen LogP contribution in [0.2, 0.25) is 0 Å². The zero-order valence-corrected chi connectivity index (χ0v) is 12.9. The zero-order valence-electron chi connectivity index (χ0n) is 12.9. The van der Waals surface area contributed by atoms with Crippen LogP contribution in [-0.4, -0.2) is 24.5 Å². The Morgan fingerprint density at radius 3 is 2.82 bits per heavy atom. The zero-order chi connectivity index (χ0) is 15.1. The first-order valence-corrected chi connectivity index (χ1v) is 8.54. The smallest absolute Gasteiger partial charge is 0.227 e. The van der Waals surface area contributed by atoms with Crippen LogP contribution in [0.4, 0.5) is 10.1 Å². The molecule has 3 nitrogen and oxygen atoms in total. The Balaban J connectivity index is 1.47. The maximum absolute atomic E-state index is 13.4. The Kier molecular flexibility index (Phi) is 3.65. The highest BCUT2D eigenvalue weighted by atomic mass is 19.1. The number of aryl methyl sites for hydroxylation is 1. The average Bonchev–Trinajstić information content (AvgIpc) is 2.85. The molecule has 1 aromatic rings. The first kappa shape index (κ1) is 14.2. The molecule has 3 aliphatic rings. The van der Waals surface area contributed by atoms with Gasteiger partial charge in [-0.3, -0.25) is 4.79 Å². The number of nitrogens with zero attached hydrogens (tertiary/aromatic N) is 1. The standard InChI is InChI=1S/C18H23FN2O/c19-14-3-6-17-13(11-14)2-1-7-21(17)18(22)10-12-8-15-4-5-16(9-12)20-15/h3,6,11-12,15-16,20H,1-2,4-5,7-10H2. The number of amides is 1. The first-order chi connectivity index (χ1) is 10.7. The van der Waals surface area contributed by atoms with Crippen molar-refractivity contribution < 1.29 is 9.18 Å². The number of carbonyl (C=O) groups is 1. The number of benzene rings is 1. The molecule has 3 heterocycles. The molecule has 22 heavy (non-hydrogen) atoms. The van der Waals surface area contributed by atoms with Crippen LogP contribution in [0, 0.1) is 11.7 Å². The summed E-state index contributed by atoms with van der Waals surface area (Å²) in [6.07, 6.45) is 7.24. The largest absolute Gasteiger partial charge is 0.312 e. The summed E-state index contributed by atoms with van der Waals surface area (Å²) in [5.74, 6) is 0.527. The predicted molar refractivity (Wildman–Crippen MR) is 84.4 cm³/mol. The molecule has 2 fully saturated rings. The monoisotopic (exact) mass is 302 g/mol. The minimum absolute atomic E-state index is 0.206. The highest BCUT2D eigenvalue weighted by Crippen LogP contribution is 2.34. The third-order valence-electron chi connectivity index (χ3n) is 5.50. The lowest BCUT2D eigenvalue weighted by Crippen LogP contribution is -2.41. The van der Waals surface area contributed by atoms with Crippen LogP contribution in [0.5, 0.6) is 0 Å². The first-order valence-electron chi connectivity index (χ1n) is 8.54. The molecule has 1 N–H and O–H groups in total. The predicted octanol–water partition coefficient (Wildman–Crippen LogP) is 3.03. The van der Waals surface area contributed by atoms with Crippen molar-refractivity contribution in [1.29, 1.82) is 0 Å². The molecule has 0 spiro atoms. The number of hydrogen-bond acceptors (Lipinski definition) is 2. The van der Waals surface area contributed by atoms with Gasteiger partial charge in [-0.2, -0.15) is 0 Å². The molecule has 0 aromatic heterocycles. The van der Waals surface area contributed by atoms with Crippen LogP contribution < -0.4 is 10.2 Å². The van der Waals surface area contributed by atoms with Gasteiger partial charge in [0.2, 0.25) is 5.91 Å². The van der Waals surface area contributed by atoms with Crippen molar-refractivity contribution in [2.24, 2.45) is 5.92 Å². The van der Waals surface area contributed by atoms with E-state index in [1.165, 1.54) is 18.9 Å². The van der Waals surface area contributed by atoms with Gasteiger partial charge in [0, 0.05) is 30.7 Å². The van der Waals surface area contributed by atoms with Crippen molar-refractivity contribution in [2.75, 3.05) is 11.4 Å². The van der Waals surface area contributed by atoms with Gasteiger partial charge in [-0.15, -0.1) is 0 Å². The molecule has 4 rings (SSSR count). The Hall–Kier alpha value is -1.42. The van der Waals surface area contributed by atoms with Crippen LogP contribution in [-0.2, 0) is 11.2 Å². The SMILES string of the molecule is O=C(CC1CC2CCC(C1)N2)N1CCCc2cc(F)ccc21. The van der Waals surface area contributed by atoms with E-state index in [0.29, 0.717) is 24.4 Å². The molecular weight excluding hydrogens is 279 g/mol. The molecule has 2 bridgehead atoms. The van der Waals surface area contributed by atoms with Crippen molar-refractivity contribution in [2.45, 2.75) is 57.0 Å². The second-order valence-electron chi connectivity index (χ2n) is 7.10. The van der Waals surface area contributed by atoms with Crippen LogP contribution in [0.1, 0.15) is 44.1 Å². The van der Waals surface area contributed by atoms with Crippen LogP contribution in [0.25, 0.3) is 0 Å². The number of rotatable bonds is 2. The summed E-state index contributed by atoms with van der Waals surface area (Å²) in [4.78, 5) is 14.7. The fourth-order valence-electron chi connectivity index (χ4n) is 4.52. The summed E-state index contributed by atoms with van der Waals surface area (Å²) < 4.78 is 13.4. The van der Waals surface area contributed by atoms with Crippen LogP contribution in [0.15, 0.2) is 18.2 Å². The van der Waals surface area contributed by atoms with E-state index in [1.807, 2.05) is 4.90 Å². The van der Waals surface area contributed by atoms with Gasteiger partial charge < -0.3 is 10.2 Å². The highest BCUT2D eigenvalue weighted by Gasteiger charge is 2.35. The maximum atomic E-state index is 13.4. The van der Waals surface area contributed by atoms with Crippen molar-refractivity contribution in [3.8, 4) is 0 Å². The summed E-state index contributed by atoms with van der Waals surface area (Å²) in [5.41, 5.74) is 1.90. The van der Waals surface area contributed by atoms with Crippen molar-refractivity contribution in [1.82, 2.24) is 5.32 Å². The van der Waals surface area contributed by atoms with Gasteiger partial charge in [-0.1, -0.05) is 0 Å². The van der Waals surface area contributed by atoms with Gasteiger partial charge in [0.05, 0.1) is 0 Å². The molecule has 2 saturated heterocycles. The lowest BCUT2D eigenvalue weighted by atomic mass is 9.89. The molecule has 1 amide bonds. The Bertz CT molecular complexity index is 576. The van der Waals surface area contributed by atoms with Gasteiger partial charge in [-0.05, 0) is 68.2 Å². The van der Waals surface area contributed by atoms with Crippen molar-refractivity contribution in [3.63, 3.8) is 0 Å². The molecule has 1 aromatic carbocycles. The summed E-state index contributed by atoms with van der Waals surface area (Å²) in [5, 5.41) is 3.63. The molecule has 3 aliphatic heterocycles. The highest BCUT2D eigenvalue weighted by molar-refractivity contribution is 5.94. The quantitative estimate of drug-likeness (QED) is 0.911. The molecule has 0 radical (unpaired) electrons. The molecule has 2 atom stereocenters. The van der Waals surface area contributed by atoms with E-state index in [-0.39, 0.29) is 11.7 Å². The fourth-order valence-corrected chi connectivity index (χ4v) is 4.52. The minimum atomic E-state index is -0.206. The third-order valence-corrected chi connectivity index (χ3v) is 5.50. The second-order valence-corrected chi connectivity index (χ2v) is 7.10. The molecule has 4 heteroatoms. The lowest BCUT2D eigenvalue weighted by Gasteiger charge is -2.33. The molecule has 0 saturated carbocycles. The maximum Gasteiger partial charge on any atom is 0.227 e. The van der Waals surface area contributed by atoms with Gasteiger partial charge in [0.1, 0.15) is 5.82 Å². The molecule has 118 valence electrons. The van der Waals surface area contributed by atoms with E-state index < -0.39 is 0 Å². The molecule has 0 aliphatic carbocycles. The normalized spacial score (nSPS) is 30.2.